The molecule has 0 aliphatic rings. The molecule has 0 saturated heterocycles. The minimum Gasteiger partial charge on any atom is -0.534 e. The van der Waals surface area contributed by atoms with Gasteiger partial charge in [-0.2, -0.15) is 6.42 Å². The Kier molecular flexibility index (Phi) is 16.4. The molecule has 13 heavy (non-hydrogen) atoms. The van der Waals surface area contributed by atoms with Gasteiger partial charge in [0.25, 0.3) is 0 Å². The molecule has 0 spiro atoms. The maximum Gasteiger partial charge on any atom is 0 e. The minimum atomic E-state index is 0. The van der Waals surface area contributed by atoms with Crippen molar-refractivity contribution in [1.29, 1.82) is 0 Å². The fourth-order valence-electron chi connectivity index (χ4n) is 0.782. The van der Waals surface area contributed by atoms with Crippen molar-refractivity contribution in [3.05, 3.63) is 19.1 Å². The molecule has 0 heterocycles. The molecule has 0 aromatic heterocycles. The number of hydrogen-bond acceptors (Lipinski definition) is 0. The van der Waals surface area contributed by atoms with Crippen LogP contribution in [0.2, 0.25) is 0 Å². The van der Waals surface area contributed by atoms with E-state index in [-0.39, 0.29) is 68.3 Å². The molecular weight excluding hydrogens is 310 g/mol. The first kappa shape index (κ1) is 20.4. The van der Waals surface area contributed by atoms with Gasteiger partial charge in [-0.3, -0.25) is 6.58 Å². The van der Waals surface area contributed by atoms with Crippen LogP contribution in [0, 0.1) is 23.8 Å². The fourth-order valence-corrected chi connectivity index (χ4v) is 0.782. The van der Waals surface area contributed by atoms with Gasteiger partial charge in [-0.15, -0.1) is 0 Å². The van der Waals surface area contributed by atoms with Gasteiger partial charge in [0, 0.05) is 68.3 Å². The van der Waals surface area contributed by atoms with E-state index in [1.807, 2.05) is 0 Å². The van der Waals surface area contributed by atoms with E-state index in [2.05, 4.69) is 46.8 Å². The summed E-state index contributed by atoms with van der Waals surface area (Å²) >= 11 is 0. The summed E-state index contributed by atoms with van der Waals surface area (Å²) in [6.45, 7) is 12.7. The second-order valence-electron chi connectivity index (χ2n) is 4.09. The maximum atomic E-state index is 3.57. The van der Waals surface area contributed by atoms with Crippen LogP contribution in [0.15, 0.2) is 6.58 Å². The molecule has 2 heteroatoms. The molecule has 0 unspecified atom stereocenters. The molecule has 0 N–H and O–H groups in total. The van der Waals surface area contributed by atoms with Crippen molar-refractivity contribution in [2.45, 2.75) is 40.5 Å². The molecule has 0 bridgehead atoms. The second kappa shape index (κ2) is 10.5. The molecule has 0 aromatic carbocycles. The Balaban J connectivity index is -0.0000000833. The molecule has 0 aliphatic heterocycles. The zero-order chi connectivity index (χ0) is 8.91. The largest absolute Gasteiger partial charge is 0.534 e. The van der Waals surface area contributed by atoms with Crippen LogP contribution in [-0.4, -0.2) is 0 Å². The Morgan fingerprint density at radius 3 is 2.15 bits per heavy atom. The van der Waals surface area contributed by atoms with E-state index < -0.39 is 0 Å². The van der Waals surface area contributed by atoms with Gasteiger partial charge in [0.15, 0.2) is 0 Å². The predicted molar refractivity (Wildman–Crippen MR) is 55.3 cm³/mol. The third kappa shape index (κ3) is 10.2. The van der Waals surface area contributed by atoms with E-state index in [1.165, 1.54) is 0 Å². The summed E-state index contributed by atoms with van der Waals surface area (Å²) in [4.78, 5) is 0. The van der Waals surface area contributed by atoms with Crippen molar-refractivity contribution in [3.63, 3.8) is 0 Å². The maximum absolute atomic E-state index is 3.57. The van der Waals surface area contributed by atoms with E-state index in [0.717, 1.165) is 18.8 Å². The van der Waals surface area contributed by atoms with Crippen LogP contribution in [0.1, 0.15) is 43.4 Å². The summed E-state index contributed by atoms with van der Waals surface area (Å²) in [5, 5.41) is 0. The Hall–Kier alpha value is 1.95. The SMILES string of the molecule is C=[C-]C[CH-]CC(C)(C)C(C)C.[HH].[HH].[Y].[Y]. The summed E-state index contributed by atoms with van der Waals surface area (Å²) in [6, 6.07) is 0. The van der Waals surface area contributed by atoms with Crippen molar-refractivity contribution in [2.75, 3.05) is 0 Å². The molecule has 76 valence electrons. The van der Waals surface area contributed by atoms with Crippen LogP contribution in [0.4, 0.5) is 0 Å². The van der Waals surface area contributed by atoms with E-state index in [4.69, 9.17) is 0 Å². The summed E-state index contributed by atoms with van der Waals surface area (Å²) < 4.78 is 0. The Labute approximate surface area is 137 Å². The summed E-state index contributed by atoms with van der Waals surface area (Å²) in [6.07, 6.45) is 7.20. The van der Waals surface area contributed by atoms with Crippen LogP contribution < -0.4 is 0 Å². The molecule has 0 amide bonds. The van der Waals surface area contributed by atoms with Gasteiger partial charge in [0.05, 0.1) is 0 Å². The van der Waals surface area contributed by atoms with Gasteiger partial charge in [-0.05, 0) is 5.92 Å². The topological polar surface area (TPSA) is 0 Å². The molecule has 2 radical (unpaired) electrons. The molecule has 0 saturated carbocycles. The van der Waals surface area contributed by atoms with Crippen LogP contribution in [0.5, 0.6) is 0 Å². The molecule has 0 nitrogen and oxygen atoms in total. The average Bonchev–Trinajstić information content (AvgIpc) is 1.88. The van der Waals surface area contributed by atoms with Gasteiger partial charge in [-0.25, -0.2) is 0 Å². The summed E-state index contributed by atoms with van der Waals surface area (Å²) in [5.74, 6) is 0.739. The van der Waals surface area contributed by atoms with E-state index in [1.54, 1.807) is 0 Å². The van der Waals surface area contributed by atoms with E-state index in [9.17, 15) is 0 Å². The Morgan fingerprint density at radius 2 is 1.85 bits per heavy atom. The molecule has 0 aliphatic carbocycles. The third-order valence-electron chi connectivity index (χ3n) is 2.52. The molecule has 0 aromatic rings. The van der Waals surface area contributed by atoms with E-state index >= 15 is 0 Å². The Morgan fingerprint density at radius 1 is 1.38 bits per heavy atom. The van der Waals surface area contributed by atoms with Crippen molar-refractivity contribution >= 4 is 0 Å². The average molecular weight is 334 g/mol. The van der Waals surface area contributed by atoms with Gasteiger partial charge < -0.3 is 18.9 Å². The number of rotatable bonds is 5. The van der Waals surface area contributed by atoms with Gasteiger partial charge in [0.2, 0.25) is 0 Å². The van der Waals surface area contributed by atoms with Crippen LogP contribution in [0.3, 0.4) is 0 Å². The molecule has 0 fully saturated rings. The first-order chi connectivity index (χ1) is 5.00. The monoisotopic (exact) mass is 334 g/mol. The van der Waals surface area contributed by atoms with Crippen LogP contribution in [-0.2, 0) is 65.4 Å². The standard InChI is InChI=1S/C11H20.2Y.2H2/c1-6-7-8-9-11(4,5)10(2)3;;;;/h8,10H,1,7,9H2,2-5H3;;;2*1H/q-2;;;;. The van der Waals surface area contributed by atoms with Crippen molar-refractivity contribution in [2.24, 2.45) is 11.3 Å². The first-order valence-electron chi connectivity index (χ1n) is 4.32. The minimum absolute atomic E-state index is 0. The summed E-state index contributed by atoms with van der Waals surface area (Å²) in [5.41, 5.74) is 0.427. The molecular formula is C11H24Y2-2. The van der Waals surface area contributed by atoms with Gasteiger partial charge in [0.1, 0.15) is 0 Å². The van der Waals surface area contributed by atoms with Gasteiger partial charge >= 0.3 is 0 Å². The molecule has 0 rings (SSSR count). The smallest absolute Gasteiger partial charge is 0 e. The first-order valence-corrected chi connectivity index (χ1v) is 4.32. The normalized spacial score (nSPS) is 10.2. The number of allylic oxidation sites excluding steroid dienone is 1. The quantitative estimate of drug-likeness (QED) is 0.524. The summed E-state index contributed by atoms with van der Waals surface area (Å²) in [7, 11) is 0. The van der Waals surface area contributed by atoms with Gasteiger partial charge in [-0.1, -0.05) is 33.1 Å². The fraction of sp³-hybridized carbons (Fsp3) is 0.727. The molecule has 0 atom stereocenters. The zero-order valence-electron chi connectivity index (χ0n) is 9.43. The number of hydrogen-bond donors (Lipinski definition) is 0. The number of unbranched alkanes of at least 4 members (excludes halogenated alkanes) is 1. The van der Waals surface area contributed by atoms with Crippen LogP contribution >= 0.6 is 0 Å². The second-order valence-corrected chi connectivity index (χ2v) is 4.09. The Bertz CT molecular complexity index is 126. The van der Waals surface area contributed by atoms with Crippen molar-refractivity contribution in [3.8, 4) is 0 Å². The zero-order valence-corrected chi connectivity index (χ0v) is 15.1. The van der Waals surface area contributed by atoms with E-state index in [0.29, 0.717) is 5.41 Å². The predicted octanol–water partition coefficient (Wildman–Crippen LogP) is 4.13. The van der Waals surface area contributed by atoms with Crippen molar-refractivity contribution < 1.29 is 68.3 Å². The van der Waals surface area contributed by atoms with Crippen LogP contribution in [0.25, 0.3) is 0 Å². The van der Waals surface area contributed by atoms with Crippen molar-refractivity contribution in [1.82, 2.24) is 0 Å². The third-order valence-corrected chi connectivity index (χ3v) is 2.52.